The molecule has 1 atom stereocenters. The van der Waals surface area contributed by atoms with Crippen molar-refractivity contribution in [2.45, 2.75) is 19.6 Å². The summed E-state index contributed by atoms with van der Waals surface area (Å²) in [6.07, 6.45) is 0. The Bertz CT molecular complexity index is 1290. The van der Waals surface area contributed by atoms with Crippen LogP contribution in [0.5, 0.6) is 5.88 Å². The Labute approximate surface area is 196 Å². The minimum Gasteiger partial charge on any atom is -0.472 e. The minimum atomic E-state index is -0.302. The van der Waals surface area contributed by atoms with Gasteiger partial charge in [-0.25, -0.2) is 0 Å². The van der Waals surface area contributed by atoms with Crippen molar-refractivity contribution in [3.8, 4) is 11.6 Å². The molecule has 0 radical (unpaired) electrons. The van der Waals surface area contributed by atoms with Crippen molar-refractivity contribution >= 4 is 17.5 Å². The molecule has 0 aliphatic rings. The highest BCUT2D eigenvalue weighted by atomic mass is 35.5. The van der Waals surface area contributed by atoms with Crippen LogP contribution in [0.1, 0.15) is 34.5 Å². The Kier molecular flexibility index (Phi) is 6.86. The van der Waals surface area contributed by atoms with Gasteiger partial charge in [-0.2, -0.15) is 4.68 Å². The van der Waals surface area contributed by atoms with Crippen LogP contribution >= 0.6 is 11.6 Å². The van der Waals surface area contributed by atoms with Crippen LogP contribution in [0, 0.1) is 0 Å². The average Bonchev–Trinajstić information content (AvgIpc) is 2.85. The smallest absolute Gasteiger partial charge is 0.271 e. The van der Waals surface area contributed by atoms with E-state index in [0.29, 0.717) is 28.8 Å². The predicted octanol–water partition coefficient (Wildman–Crippen LogP) is 4.96. The Morgan fingerprint density at radius 1 is 0.970 bits per heavy atom. The van der Waals surface area contributed by atoms with Crippen LogP contribution in [-0.4, -0.2) is 15.7 Å². The molecule has 1 aromatic heterocycles. The second-order valence-corrected chi connectivity index (χ2v) is 7.93. The van der Waals surface area contributed by atoms with E-state index < -0.39 is 0 Å². The minimum absolute atomic E-state index is 0.128. The van der Waals surface area contributed by atoms with Crippen molar-refractivity contribution in [3.05, 3.63) is 123 Å². The number of carbonyl (C=O) groups excluding carboxylic acids is 1. The second kappa shape index (κ2) is 10.1. The van der Waals surface area contributed by atoms with Gasteiger partial charge in [0.05, 0.1) is 11.7 Å². The molecule has 0 saturated carbocycles. The van der Waals surface area contributed by atoms with Gasteiger partial charge in [0.25, 0.3) is 11.5 Å². The first kappa shape index (κ1) is 22.3. The Hall–Kier alpha value is -3.90. The summed E-state index contributed by atoms with van der Waals surface area (Å²) in [6.45, 7) is 2.22. The maximum atomic E-state index is 12.6. The molecule has 0 aliphatic heterocycles. The number of carbonyl (C=O) groups is 1. The van der Waals surface area contributed by atoms with Gasteiger partial charge in [-0.15, -0.1) is 5.10 Å². The summed E-state index contributed by atoms with van der Waals surface area (Å²) >= 11 is 5.90. The van der Waals surface area contributed by atoms with Gasteiger partial charge in [0, 0.05) is 22.7 Å². The second-order valence-electron chi connectivity index (χ2n) is 7.49. The third-order valence-corrected chi connectivity index (χ3v) is 5.35. The molecule has 0 spiro atoms. The van der Waals surface area contributed by atoms with Gasteiger partial charge >= 0.3 is 0 Å². The molecule has 1 N–H and O–H groups in total. The Balaban J connectivity index is 1.45. The van der Waals surface area contributed by atoms with Crippen molar-refractivity contribution in [2.75, 3.05) is 0 Å². The zero-order valence-corrected chi connectivity index (χ0v) is 18.7. The molecule has 166 valence electrons. The van der Waals surface area contributed by atoms with E-state index in [-0.39, 0.29) is 17.5 Å². The number of aromatic nitrogens is 2. The fourth-order valence-electron chi connectivity index (χ4n) is 3.25. The molecular weight excluding hydrogens is 438 g/mol. The zero-order valence-electron chi connectivity index (χ0n) is 17.9. The van der Waals surface area contributed by atoms with Crippen molar-refractivity contribution in [3.63, 3.8) is 0 Å². The van der Waals surface area contributed by atoms with Gasteiger partial charge in [0.15, 0.2) is 0 Å². The highest BCUT2D eigenvalue weighted by Gasteiger charge is 2.12. The number of hydrogen-bond donors (Lipinski definition) is 1. The molecule has 0 aliphatic carbocycles. The molecule has 4 aromatic rings. The molecular formula is C26H22ClN3O3. The molecule has 0 bridgehead atoms. The highest BCUT2D eigenvalue weighted by Crippen LogP contribution is 2.15. The number of hydrogen-bond acceptors (Lipinski definition) is 4. The van der Waals surface area contributed by atoms with Crippen LogP contribution in [0.15, 0.2) is 95.8 Å². The summed E-state index contributed by atoms with van der Waals surface area (Å²) < 4.78 is 6.96. The van der Waals surface area contributed by atoms with E-state index >= 15 is 0 Å². The summed E-state index contributed by atoms with van der Waals surface area (Å²) in [6, 6.07) is 26.5. The lowest BCUT2D eigenvalue weighted by Gasteiger charge is -2.14. The van der Waals surface area contributed by atoms with Crippen LogP contribution < -0.4 is 15.6 Å². The molecule has 1 amide bonds. The third-order valence-electron chi connectivity index (χ3n) is 5.10. The van der Waals surface area contributed by atoms with Crippen molar-refractivity contribution < 1.29 is 9.53 Å². The van der Waals surface area contributed by atoms with Crippen LogP contribution in [-0.2, 0) is 6.61 Å². The van der Waals surface area contributed by atoms with Crippen molar-refractivity contribution in [1.82, 2.24) is 15.1 Å². The van der Waals surface area contributed by atoms with Crippen LogP contribution in [0.2, 0.25) is 5.02 Å². The van der Waals surface area contributed by atoms with Gasteiger partial charge in [0.2, 0.25) is 5.88 Å². The largest absolute Gasteiger partial charge is 0.472 e. The first-order valence-corrected chi connectivity index (χ1v) is 10.8. The number of nitrogens with zero attached hydrogens (tertiary/aromatic N) is 2. The molecule has 4 rings (SSSR count). The molecule has 1 heterocycles. The number of amides is 1. The Morgan fingerprint density at radius 2 is 1.67 bits per heavy atom. The van der Waals surface area contributed by atoms with Gasteiger partial charge < -0.3 is 10.1 Å². The molecule has 0 fully saturated rings. The summed E-state index contributed by atoms with van der Waals surface area (Å²) in [4.78, 5) is 25.0. The molecule has 0 saturated heterocycles. The maximum absolute atomic E-state index is 12.6. The maximum Gasteiger partial charge on any atom is 0.271 e. The molecule has 1 unspecified atom stereocenters. The predicted molar refractivity (Wildman–Crippen MR) is 128 cm³/mol. The van der Waals surface area contributed by atoms with E-state index in [4.69, 9.17) is 16.3 Å². The lowest BCUT2D eigenvalue weighted by atomic mass is 10.1. The molecule has 6 nitrogen and oxygen atoms in total. The highest BCUT2D eigenvalue weighted by molar-refractivity contribution is 6.30. The molecule has 3 aromatic carbocycles. The quantitative estimate of drug-likeness (QED) is 0.424. The number of rotatable bonds is 7. The number of ether oxygens (including phenoxy) is 1. The first-order chi connectivity index (χ1) is 16.0. The SMILES string of the molecule is CC(NC(=O)c1ccc(-n2nc(OCc3ccc(Cl)cc3)ccc2=O)cc1)c1ccccc1. The number of nitrogens with one attached hydrogen (secondary N) is 1. The first-order valence-electron chi connectivity index (χ1n) is 10.4. The van der Waals surface area contributed by atoms with E-state index in [1.165, 1.54) is 16.8 Å². The van der Waals surface area contributed by atoms with E-state index in [2.05, 4.69) is 10.4 Å². The summed E-state index contributed by atoms with van der Waals surface area (Å²) in [5.74, 6) is 0.112. The lowest BCUT2D eigenvalue weighted by molar-refractivity contribution is 0.0940. The van der Waals surface area contributed by atoms with Gasteiger partial charge in [-0.1, -0.05) is 54.1 Å². The third kappa shape index (κ3) is 5.67. The van der Waals surface area contributed by atoms with Crippen LogP contribution in [0.3, 0.4) is 0 Å². The summed E-state index contributed by atoms with van der Waals surface area (Å²) in [7, 11) is 0. The van der Waals surface area contributed by atoms with E-state index in [1.807, 2.05) is 49.4 Å². The van der Waals surface area contributed by atoms with Crippen molar-refractivity contribution in [1.29, 1.82) is 0 Å². The normalized spacial score (nSPS) is 11.6. The monoisotopic (exact) mass is 459 g/mol. The molecule has 7 heteroatoms. The standard InChI is InChI=1S/C26H22ClN3O3/c1-18(20-5-3-2-4-6-20)28-26(32)21-9-13-23(14-10-21)30-25(31)16-15-24(29-30)33-17-19-7-11-22(27)12-8-19/h2-16,18H,17H2,1H3,(H,28,32). The summed E-state index contributed by atoms with van der Waals surface area (Å²) in [5, 5.41) is 7.92. The van der Waals surface area contributed by atoms with Gasteiger partial charge in [-0.05, 0) is 54.4 Å². The van der Waals surface area contributed by atoms with E-state index in [1.54, 1.807) is 36.4 Å². The number of halogens is 1. The van der Waals surface area contributed by atoms with Crippen LogP contribution in [0.4, 0.5) is 0 Å². The van der Waals surface area contributed by atoms with Gasteiger partial charge in [0.1, 0.15) is 6.61 Å². The van der Waals surface area contributed by atoms with E-state index in [0.717, 1.165) is 11.1 Å². The lowest BCUT2D eigenvalue weighted by Crippen LogP contribution is -2.26. The molecule has 33 heavy (non-hydrogen) atoms. The van der Waals surface area contributed by atoms with Crippen LogP contribution in [0.25, 0.3) is 5.69 Å². The van der Waals surface area contributed by atoms with Gasteiger partial charge in [-0.3, -0.25) is 9.59 Å². The fourth-order valence-corrected chi connectivity index (χ4v) is 3.38. The number of benzene rings is 3. The summed E-state index contributed by atoms with van der Waals surface area (Å²) in [5.41, 5.74) is 2.67. The topological polar surface area (TPSA) is 73.2 Å². The zero-order chi connectivity index (χ0) is 23.2. The average molecular weight is 460 g/mol. The Morgan fingerprint density at radius 3 is 2.36 bits per heavy atom. The van der Waals surface area contributed by atoms with E-state index in [9.17, 15) is 9.59 Å². The fraction of sp³-hybridized carbons (Fsp3) is 0.115. The van der Waals surface area contributed by atoms with Crippen molar-refractivity contribution in [2.24, 2.45) is 0 Å².